The van der Waals surface area contributed by atoms with E-state index in [9.17, 15) is 9.59 Å². The van der Waals surface area contributed by atoms with Gasteiger partial charge in [0.25, 0.3) is 5.91 Å². The monoisotopic (exact) mass is 446 g/mol. The summed E-state index contributed by atoms with van der Waals surface area (Å²) in [7, 11) is 1.61. The first-order valence-electron chi connectivity index (χ1n) is 9.24. The first kappa shape index (κ1) is 22.0. The number of hydrogen-bond donors (Lipinski definition) is 2. The SMILES string of the molecule is COc1ccc(C(C)NC(=O)C(NC(=O)c2ccc(C)cc2)C(C)C)cc1Br. The van der Waals surface area contributed by atoms with Crippen LogP contribution in [0.1, 0.15) is 48.3 Å². The number of aryl methyl sites for hydroxylation is 1. The average Bonchev–Trinajstić information content (AvgIpc) is 2.65. The van der Waals surface area contributed by atoms with E-state index in [-0.39, 0.29) is 23.8 Å². The lowest BCUT2D eigenvalue weighted by atomic mass is 10.0. The van der Waals surface area contributed by atoms with E-state index >= 15 is 0 Å². The summed E-state index contributed by atoms with van der Waals surface area (Å²) in [5.41, 5.74) is 2.55. The molecule has 2 atom stereocenters. The highest BCUT2D eigenvalue weighted by molar-refractivity contribution is 9.10. The van der Waals surface area contributed by atoms with Gasteiger partial charge in [0.15, 0.2) is 0 Å². The van der Waals surface area contributed by atoms with E-state index in [0.29, 0.717) is 5.56 Å². The fourth-order valence-electron chi connectivity index (χ4n) is 2.80. The third kappa shape index (κ3) is 5.58. The Morgan fingerprint density at radius 1 is 1.00 bits per heavy atom. The van der Waals surface area contributed by atoms with Crippen molar-refractivity contribution in [3.05, 3.63) is 63.6 Å². The Hall–Kier alpha value is -2.34. The molecular weight excluding hydrogens is 420 g/mol. The van der Waals surface area contributed by atoms with Crippen LogP contribution in [-0.2, 0) is 4.79 Å². The smallest absolute Gasteiger partial charge is 0.251 e. The van der Waals surface area contributed by atoms with Crippen LogP contribution < -0.4 is 15.4 Å². The first-order chi connectivity index (χ1) is 13.2. The van der Waals surface area contributed by atoms with Gasteiger partial charge in [-0.1, -0.05) is 37.6 Å². The molecule has 150 valence electrons. The number of carbonyl (C=O) groups excluding carboxylic acids is 2. The van der Waals surface area contributed by atoms with Crippen LogP contribution in [0.4, 0.5) is 0 Å². The molecule has 6 heteroatoms. The van der Waals surface area contributed by atoms with Crippen LogP contribution >= 0.6 is 15.9 Å². The van der Waals surface area contributed by atoms with Crippen molar-refractivity contribution in [2.75, 3.05) is 7.11 Å². The third-order valence-corrected chi connectivity index (χ3v) is 5.20. The molecule has 0 aromatic heterocycles. The first-order valence-corrected chi connectivity index (χ1v) is 10.0. The molecule has 2 amide bonds. The number of carbonyl (C=O) groups is 2. The zero-order valence-electron chi connectivity index (χ0n) is 16.9. The van der Waals surface area contributed by atoms with Crippen LogP contribution in [0.15, 0.2) is 46.9 Å². The summed E-state index contributed by atoms with van der Waals surface area (Å²) >= 11 is 3.46. The topological polar surface area (TPSA) is 67.4 Å². The maximum atomic E-state index is 12.8. The van der Waals surface area contributed by atoms with Crippen molar-refractivity contribution in [2.24, 2.45) is 5.92 Å². The molecule has 0 aliphatic heterocycles. The summed E-state index contributed by atoms with van der Waals surface area (Å²) in [4.78, 5) is 25.4. The summed E-state index contributed by atoms with van der Waals surface area (Å²) in [6.45, 7) is 7.69. The maximum Gasteiger partial charge on any atom is 0.251 e. The van der Waals surface area contributed by atoms with Crippen LogP contribution in [0.3, 0.4) is 0 Å². The summed E-state index contributed by atoms with van der Waals surface area (Å²) in [6, 6.07) is 12.1. The summed E-state index contributed by atoms with van der Waals surface area (Å²) in [5, 5.41) is 5.85. The number of amides is 2. The van der Waals surface area contributed by atoms with Crippen LogP contribution in [0.5, 0.6) is 5.75 Å². The molecule has 0 aliphatic carbocycles. The Morgan fingerprint density at radius 3 is 2.18 bits per heavy atom. The van der Waals surface area contributed by atoms with E-state index < -0.39 is 6.04 Å². The highest BCUT2D eigenvalue weighted by atomic mass is 79.9. The molecule has 2 unspecified atom stereocenters. The van der Waals surface area contributed by atoms with E-state index in [0.717, 1.165) is 21.3 Å². The quantitative estimate of drug-likeness (QED) is 0.662. The normalized spacial score (nSPS) is 13.0. The van der Waals surface area contributed by atoms with Gasteiger partial charge in [0.2, 0.25) is 5.91 Å². The van der Waals surface area contributed by atoms with Gasteiger partial charge < -0.3 is 15.4 Å². The number of hydrogen-bond acceptors (Lipinski definition) is 3. The van der Waals surface area contributed by atoms with Gasteiger partial charge in [-0.25, -0.2) is 0 Å². The largest absolute Gasteiger partial charge is 0.496 e. The van der Waals surface area contributed by atoms with Crippen LogP contribution in [0.2, 0.25) is 0 Å². The van der Waals surface area contributed by atoms with Crippen molar-refractivity contribution in [3.63, 3.8) is 0 Å². The lowest BCUT2D eigenvalue weighted by molar-refractivity contribution is -0.124. The number of rotatable bonds is 7. The maximum absolute atomic E-state index is 12.8. The molecule has 2 aromatic rings. The zero-order chi connectivity index (χ0) is 20.8. The van der Waals surface area contributed by atoms with Crippen molar-refractivity contribution in [3.8, 4) is 5.75 Å². The molecule has 0 saturated carbocycles. The third-order valence-electron chi connectivity index (χ3n) is 4.58. The number of nitrogens with one attached hydrogen (secondary N) is 2. The molecule has 2 aromatic carbocycles. The van der Waals surface area contributed by atoms with Gasteiger partial charge >= 0.3 is 0 Å². The van der Waals surface area contributed by atoms with E-state index in [2.05, 4.69) is 26.6 Å². The summed E-state index contributed by atoms with van der Waals surface area (Å²) in [6.07, 6.45) is 0. The Morgan fingerprint density at radius 2 is 1.64 bits per heavy atom. The van der Waals surface area contributed by atoms with Gasteiger partial charge in [-0.2, -0.15) is 0 Å². The standard InChI is InChI=1S/C22H27BrN2O3/c1-13(2)20(25-21(26)16-8-6-14(3)7-9-16)22(27)24-15(4)17-10-11-19(28-5)18(23)12-17/h6-13,15,20H,1-5H3,(H,24,27)(H,25,26). The minimum atomic E-state index is -0.627. The lowest BCUT2D eigenvalue weighted by Crippen LogP contribution is -2.50. The summed E-state index contributed by atoms with van der Waals surface area (Å²) in [5.74, 6) is 0.209. The molecule has 2 rings (SSSR count). The minimum Gasteiger partial charge on any atom is -0.496 e. The minimum absolute atomic E-state index is 0.0517. The van der Waals surface area contributed by atoms with Crippen molar-refractivity contribution in [2.45, 2.75) is 39.8 Å². The van der Waals surface area contributed by atoms with Crippen molar-refractivity contribution >= 4 is 27.7 Å². The van der Waals surface area contributed by atoms with Crippen LogP contribution in [-0.4, -0.2) is 25.0 Å². The molecule has 0 radical (unpaired) electrons. The molecule has 0 spiro atoms. The average molecular weight is 447 g/mol. The molecule has 0 aliphatic rings. The predicted octanol–water partition coefficient (Wildman–Crippen LogP) is 4.40. The molecule has 0 bridgehead atoms. The second-order valence-electron chi connectivity index (χ2n) is 7.19. The van der Waals surface area contributed by atoms with E-state index in [1.807, 2.05) is 58.0 Å². The fraction of sp³-hybridized carbons (Fsp3) is 0.364. The van der Waals surface area contributed by atoms with Gasteiger partial charge in [0.1, 0.15) is 11.8 Å². The number of halogens is 1. The second-order valence-corrected chi connectivity index (χ2v) is 8.04. The molecule has 0 fully saturated rings. The van der Waals surface area contributed by atoms with Crippen molar-refractivity contribution in [1.82, 2.24) is 10.6 Å². The van der Waals surface area contributed by atoms with Gasteiger partial charge in [-0.3, -0.25) is 9.59 Å². The van der Waals surface area contributed by atoms with Gasteiger partial charge in [-0.15, -0.1) is 0 Å². The molecule has 0 saturated heterocycles. The molecule has 5 nitrogen and oxygen atoms in total. The molecule has 0 heterocycles. The molecule has 2 N–H and O–H groups in total. The second kappa shape index (κ2) is 9.73. The lowest BCUT2D eigenvalue weighted by Gasteiger charge is -2.24. The Kier molecular flexibility index (Phi) is 7.63. The Labute approximate surface area is 175 Å². The molecule has 28 heavy (non-hydrogen) atoms. The van der Waals surface area contributed by atoms with Gasteiger partial charge in [-0.05, 0) is 65.5 Å². The molecular formula is C22H27BrN2O3. The highest BCUT2D eigenvalue weighted by Gasteiger charge is 2.26. The van der Waals surface area contributed by atoms with E-state index in [1.165, 1.54) is 0 Å². The van der Waals surface area contributed by atoms with Crippen LogP contribution in [0.25, 0.3) is 0 Å². The van der Waals surface area contributed by atoms with Crippen LogP contribution in [0, 0.1) is 12.8 Å². The highest BCUT2D eigenvalue weighted by Crippen LogP contribution is 2.28. The summed E-state index contributed by atoms with van der Waals surface area (Å²) < 4.78 is 6.06. The van der Waals surface area contributed by atoms with Crippen molar-refractivity contribution < 1.29 is 14.3 Å². The zero-order valence-corrected chi connectivity index (χ0v) is 18.5. The number of benzene rings is 2. The van der Waals surface area contributed by atoms with E-state index in [1.54, 1.807) is 19.2 Å². The Bertz CT molecular complexity index is 834. The Balaban J connectivity index is 2.08. The van der Waals surface area contributed by atoms with Gasteiger partial charge in [0, 0.05) is 5.56 Å². The van der Waals surface area contributed by atoms with Crippen molar-refractivity contribution in [1.29, 1.82) is 0 Å². The van der Waals surface area contributed by atoms with Gasteiger partial charge in [0.05, 0.1) is 17.6 Å². The van der Waals surface area contributed by atoms with E-state index in [4.69, 9.17) is 4.74 Å². The number of ether oxygens (including phenoxy) is 1. The predicted molar refractivity (Wildman–Crippen MR) is 115 cm³/mol. The fourth-order valence-corrected chi connectivity index (χ4v) is 3.36. The number of methoxy groups -OCH3 is 1.